The van der Waals surface area contributed by atoms with Crippen LogP contribution in [0.1, 0.15) is 40.9 Å². The van der Waals surface area contributed by atoms with Crippen molar-refractivity contribution in [2.75, 3.05) is 6.54 Å². The van der Waals surface area contributed by atoms with Crippen molar-refractivity contribution in [2.45, 2.75) is 38.1 Å². The molecule has 0 spiro atoms. The lowest BCUT2D eigenvalue weighted by molar-refractivity contribution is -0.131. The van der Waals surface area contributed by atoms with E-state index in [9.17, 15) is 9.59 Å². The molecule has 1 unspecified atom stereocenters. The second kappa shape index (κ2) is 7.95. The Bertz CT molecular complexity index is 714. The van der Waals surface area contributed by atoms with Crippen LogP contribution >= 0.6 is 22.9 Å². The second-order valence-corrected chi connectivity index (χ2v) is 7.43. The number of hydrogen-bond acceptors (Lipinski definition) is 3. The zero-order chi connectivity index (χ0) is 16.9. The Morgan fingerprint density at radius 3 is 2.75 bits per heavy atom. The summed E-state index contributed by atoms with van der Waals surface area (Å²) in [6.45, 7) is 0.779. The van der Waals surface area contributed by atoms with Crippen molar-refractivity contribution < 1.29 is 9.59 Å². The number of likely N-dealkylation sites (tertiary alicyclic amines) is 1. The molecule has 1 aliphatic rings. The highest BCUT2D eigenvalue weighted by atomic mass is 35.5. The number of benzene rings is 1. The van der Waals surface area contributed by atoms with Crippen molar-refractivity contribution in [2.24, 2.45) is 0 Å². The van der Waals surface area contributed by atoms with Gasteiger partial charge < -0.3 is 4.90 Å². The Hall–Kier alpha value is -1.65. The van der Waals surface area contributed by atoms with Crippen molar-refractivity contribution in [3.63, 3.8) is 0 Å². The normalized spacial score (nSPS) is 17.2. The third-order valence-electron chi connectivity index (χ3n) is 4.47. The summed E-state index contributed by atoms with van der Waals surface area (Å²) in [7, 11) is 0. The number of nitrogens with zero attached hydrogens (tertiary/aromatic N) is 1. The van der Waals surface area contributed by atoms with Crippen LogP contribution in [0.3, 0.4) is 0 Å². The maximum Gasteiger partial charge on any atom is 0.223 e. The lowest BCUT2D eigenvalue weighted by Gasteiger charge is -2.25. The summed E-state index contributed by atoms with van der Waals surface area (Å²) >= 11 is 7.67. The van der Waals surface area contributed by atoms with Crippen LogP contribution in [0.5, 0.6) is 0 Å². The van der Waals surface area contributed by atoms with Gasteiger partial charge in [0.1, 0.15) is 0 Å². The molecule has 1 aromatic carbocycles. The van der Waals surface area contributed by atoms with Crippen LogP contribution in [-0.2, 0) is 11.2 Å². The lowest BCUT2D eigenvalue weighted by Crippen LogP contribution is -2.37. The summed E-state index contributed by atoms with van der Waals surface area (Å²) in [6, 6.07) is 11.7. The topological polar surface area (TPSA) is 37.4 Å². The second-order valence-electron chi connectivity index (χ2n) is 6.08. The van der Waals surface area contributed by atoms with E-state index in [0.29, 0.717) is 0 Å². The van der Waals surface area contributed by atoms with E-state index < -0.39 is 0 Å². The fourth-order valence-corrected chi connectivity index (χ4v) is 4.13. The average Bonchev–Trinajstić information content (AvgIpc) is 3.26. The van der Waals surface area contributed by atoms with Gasteiger partial charge >= 0.3 is 0 Å². The van der Waals surface area contributed by atoms with Crippen molar-refractivity contribution in [3.8, 4) is 0 Å². The Morgan fingerprint density at radius 1 is 1.17 bits per heavy atom. The number of thiophene rings is 1. The largest absolute Gasteiger partial charge is 0.339 e. The van der Waals surface area contributed by atoms with Crippen LogP contribution in [0, 0.1) is 0 Å². The van der Waals surface area contributed by atoms with Crippen molar-refractivity contribution in [3.05, 3.63) is 57.2 Å². The van der Waals surface area contributed by atoms with E-state index in [0.717, 1.165) is 41.3 Å². The smallest absolute Gasteiger partial charge is 0.223 e. The summed E-state index contributed by atoms with van der Waals surface area (Å²) < 4.78 is 0. The minimum absolute atomic E-state index is 0.0557. The molecule has 1 saturated heterocycles. The summed E-state index contributed by atoms with van der Waals surface area (Å²) in [5, 5.41) is 2.64. The van der Waals surface area contributed by atoms with Crippen LogP contribution in [-0.4, -0.2) is 29.2 Å². The Kier molecular flexibility index (Phi) is 5.69. The average molecular weight is 362 g/mol. The predicted octanol–water partition coefficient (Wildman–Crippen LogP) is 4.60. The predicted molar refractivity (Wildman–Crippen MR) is 97.8 cm³/mol. The van der Waals surface area contributed by atoms with Crippen molar-refractivity contribution >= 4 is 34.6 Å². The monoisotopic (exact) mass is 361 g/mol. The lowest BCUT2D eigenvalue weighted by atomic mass is 10.0. The number of Topliss-reactive ketones (excluding diaryl/α,β-unsaturated/α-hetero) is 1. The fourth-order valence-electron chi connectivity index (χ4n) is 3.22. The highest BCUT2D eigenvalue weighted by molar-refractivity contribution is 7.12. The van der Waals surface area contributed by atoms with Crippen LogP contribution in [0.4, 0.5) is 0 Å². The van der Waals surface area contributed by atoms with Gasteiger partial charge in [0.05, 0.1) is 4.88 Å². The molecule has 2 heterocycles. The number of ketones is 1. The highest BCUT2D eigenvalue weighted by Crippen LogP contribution is 2.26. The van der Waals surface area contributed by atoms with Crippen molar-refractivity contribution in [1.82, 2.24) is 4.90 Å². The zero-order valence-corrected chi connectivity index (χ0v) is 15.0. The Morgan fingerprint density at radius 2 is 2.00 bits per heavy atom. The number of amides is 1. The minimum atomic E-state index is 0.0557. The molecule has 2 aromatic rings. The first kappa shape index (κ1) is 17.2. The van der Waals surface area contributed by atoms with Gasteiger partial charge in [-0.2, -0.15) is 0 Å². The SMILES string of the molecule is O=C(CCC(=O)N1CCCC1Cc1ccccc1Cl)c1cccs1. The Labute approximate surface area is 151 Å². The molecule has 0 saturated carbocycles. The first-order valence-corrected chi connectivity index (χ1v) is 9.50. The molecule has 3 nitrogen and oxygen atoms in total. The molecular formula is C19H20ClNO2S. The maximum atomic E-state index is 12.5. The maximum absolute atomic E-state index is 12.5. The van der Waals surface area contributed by atoms with Crippen LogP contribution in [0.15, 0.2) is 41.8 Å². The first-order valence-electron chi connectivity index (χ1n) is 8.24. The van der Waals surface area contributed by atoms with Gasteiger partial charge in [0, 0.05) is 30.5 Å². The summed E-state index contributed by atoms with van der Waals surface area (Å²) in [6.07, 6.45) is 3.37. The van der Waals surface area contributed by atoms with Crippen molar-refractivity contribution in [1.29, 1.82) is 0 Å². The standard InChI is InChI=1S/C19H20ClNO2S/c20-16-7-2-1-5-14(16)13-15-6-3-11-21(15)19(23)10-9-17(22)18-8-4-12-24-18/h1-2,4-5,7-8,12,15H,3,6,9-11,13H2. The van der Waals surface area contributed by atoms with E-state index in [1.165, 1.54) is 11.3 Å². The molecule has 0 N–H and O–H groups in total. The quantitative estimate of drug-likeness (QED) is 0.705. The van der Waals surface area contributed by atoms with Gasteiger partial charge in [-0.05, 0) is 42.3 Å². The summed E-state index contributed by atoms with van der Waals surface area (Å²) in [5.41, 5.74) is 1.08. The molecule has 5 heteroatoms. The molecule has 1 atom stereocenters. The molecule has 1 aromatic heterocycles. The van der Waals surface area contributed by atoms with E-state index in [-0.39, 0.29) is 30.6 Å². The summed E-state index contributed by atoms with van der Waals surface area (Å²) in [4.78, 5) is 27.3. The molecular weight excluding hydrogens is 342 g/mol. The van der Waals surface area contributed by atoms with E-state index in [1.807, 2.05) is 46.7 Å². The first-order chi connectivity index (χ1) is 11.6. The molecule has 0 radical (unpaired) electrons. The van der Waals surface area contributed by atoms with Gasteiger partial charge in [-0.3, -0.25) is 9.59 Å². The molecule has 1 aliphatic heterocycles. The number of hydrogen-bond donors (Lipinski definition) is 0. The Balaban J connectivity index is 1.57. The minimum Gasteiger partial charge on any atom is -0.339 e. The number of halogens is 1. The summed E-state index contributed by atoms with van der Waals surface area (Å²) in [5.74, 6) is 0.134. The molecule has 0 aliphatic carbocycles. The van der Waals surface area contributed by atoms with E-state index in [1.54, 1.807) is 0 Å². The van der Waals surface area contributed by atoms with Gasteiger partial charge in [0.2, 0.25) is 5.91 Å². The van der Waals surface area contributed by atoms with Crippen LogP contribution in [0.25, 0.3) is 0 Å². The molecule has 0 bridgehead atoms. The molecule has 3 rings (SSSR count). The van der Waals surface area contributed by atoms with E-state index >= 15 is 0 Å². The molecule has 126 valence electrons. The molecule has 1 amide bonds. The zero-order valence-electron chi connectivity index (χ0n) is 13.4. The van der Waals surface area contributed by atoms with Gasteiger partial charge in [0.25, 0.3) is 0 Å². The highest BCUT2D eigenvalue weighted by Gasteiger charge is 2.29. The van der Waals surface area contributed by atoms with Crippen LogP contribution in [0.2, 0.25) is 5.02 Å². The molecule has 1 fully saturated rings. The van der Waals surface area contributed by atoms with Crippen LogP contribution < -0.4 is 0 Å². The van der Waals surface area contributed by atoms with Gasteiger partial charge in [-0.1, -0.05) is 35.9 Å². The van der Waals surface area contributed by atoms with E-state index in [4.69, 9.17) is 11.6 Å². The fraction of sp³-hybridized carbons (Fsp3) is 0.368. The third-order valence-corrected chi connectivity index (χ3v) is 5.75. The number of carbonyl (C=O) groups excluding carboxylic acids is 2. The van der Waals surface area contributed by atoms with Gasteiger partial charge in [0.15, 0.2) is 5.78 Å². The molecule has 24 heavy (non-hydrogen) atoms. The van der Waals surface area contributed by atoms with Gasteiger partial charge in [-0.15, -0.1) is 11.3 Å². The van der Waals surface area contributed by atoms with Gasteiger partial charge in [-0.25, -0.2) is 0 Å². The van der Waals surface area contributed by atoms with E-state index in [2.05, 4.69) is 0 Å². The number of carbonyl (C=O) groups is 2. The number of rotatable bonds is 6. The third kappa shape index (κ3) is 4.05.